The Morgan fingerprint density at radius 1 is 1.15 bits per heavy atom. The van der Waals surface area contributed by atoms with Gasteiger partial charge in [0.05, 0.1) is 17.8 Å². The number of nitrogens with one attached hydrogen (secondary N) is 1. The molecule has 176 valence electrons. The molecule has 1 heterocycles. The highest BCUT2D eigenvalue weighted by atomic mass is 32.2. The van der Waals surface area contributed by atoms with Crippen molar-refractivity contribution in [3.05, 3.63) is 72.3 Å². The molecule has 1 aromatic heterocycles. The highest BCUT2D eigenvalue weighted by Crippen LogP contribution is 2.30. The van der Waals surface area contributed by atoms with Gasteiger partial charge in [0.2, 0.25) is 0 Å². The molecule has 3 rings (SSSR count). The van der Waals surface area contributed by atoms with E-state index in [2.05, 4.69) is 23.6 Å². The van der Waals surface area contributed by atoms with E-state index in [0.717, 1.165) is 29.5 Å². The molecule has 0 saturated heterocycles. The van der Waals surface area contributed by atoms with Gasteiger partial charge < -0.3 is 9.30 Å². The molecule has 0 aliphatic carbocycles. The van der Waals surface area contributed by atoms with Crippen LogP contribution in [-0.4, -0.2) is 30.7 Å². The topological polar surface area (TPSA) is 90.3 Å². The van der Waals surface area contributed by atoms with Gasteiger partial charge in [-0.05, 0) is 53.6 Å². The summed E-state index contributed by atoms with van der Waals surface area (Å²) in [6.07, 6.45) is 6.70. The molecular weight excluding hydrogens is 438 g/mol. The molecule has 0 spiro atoms. The number of carbonyl (C=O) groups is 1. The fourth-order valence-corrected chi connectivity index (χ4v) is 4.67. The second kappa shape index (κ2) is 11.1. The Morgan fingerprint density at radius 2 is 1.97 bits per heavy atom. The summed E-state index contributed by atoms with van der Waals surface area (Å²) < 4.78 is 35.2. The molecule has 8 heteroatoms. The molecule has 33 heavy (non-hydrogen) atoms. The van der Waals surface area contributed by atoms with Crippen molar-refractivity contribution in [2.24, 2.45) is 5.92 Å². The lowest BCUT2D eigenvalue weighted by Crippen LogP contribution is -2.31. The minimum Gasteiger partial charge on any atom is -0.449 e. The van der Waals surface area contributed by atoms with Crippen molar-refractivity contribution in [3.63, 3.8) is 0 Å². The first-order valence-electron chi connectivity index (χ1n) is 11.2. The molecule has 0 bridgehead atoms. The SMILES string of the molecule is CCCCOC(=O)NS(=O)(=O)c1ccc(CC(C)C)cc1-c1cccc(Cn2ccnc2)c1. The number of imidazole rings is 1. The molecule has 0 atom stereocenters. The van der Waals surface area contributed by atoms with Gasteiger partial charge in [0.1, 0.15) is 0 Å². The molecule has 0 radical (unpaired) electrons. The van der Waals surface area contributed by atoms with Gasteiger partial charge in [-0.3, -0.25) is 0 Å². The van der Waals surface area contributed by atoms with Gasteiger partial charge in [-0.1, -0.05) is 51.5 Å². The van der Waals surface area contributed by atoms with Crippen LogP contribution in [0, 0.1) is 5.92 Å². The summed E-state index contributed by atoms with van der Waals surface area (Å²) in [5.41, 5.74) is 3.35. The van der Waals surface area contributed by atoms with Gasteiger partial charge in [0.15, 0.2) is 0 Å². The fraction of sp³-hybridized carbons (Fsp3) is 0.360. The maximum absolute atomic E-state index is 13.1. The summed E-state index contributed by atoms with van der Waals surface area (Å²) in [7, 11) is -4.12. The number of aromatic nitrogens is 2. The summed E-state index contributed by atoms with van der Waals surface area (Å²) in [4.78, 5) is 16.2. The predicted octanol–water partition coefficient (Wildman–Crippen LogP) is 5.01. The molecule has 0 saturated carbocycles. The molecule has 0 aliphatic heterocycles. The number of ether oxygens (including phenoxy) is 1. The summed E-state index contributed by atoms with van der Waals surface area (Å²) >= 11 is 0. The van der Waals surface area contributed by atoms with Gasteiger partial charge in [-0.2, -0.15) is 0 Å². The second-order valence-electron chi connectivity index (χ2n) is 8.46. The average Bonchev–Trinajstić information content (AvgIpc) is 3.26. The molecule has 2 aromatic carbocycles. The van der Waals surface area contributed by atoms with Crippen LogP contribution >= 0.6 is 0 Å². The van der Waals surface area contributed by atoms with Crippen molar-refractivity contribution in [1.29, 1.82) is 0 Å². The number of unbranched alkanes of at least 4 members (excludes halogenated alkanes) is 1. The Morgan fingerprint density at radius 3 is 2.67 bits per heavy atom. The summed E-state index contributed by atoms with van der Waals surface area (Å²) in [6.45, 7) is 6.98. The normalized spacial score (nSPS) is 11.5. The van der Waals surface area contributed by atoms with Crippen molar-refractivity contribution >= 4 is 16.1 Å². The lowest BCUT2D eigenvalue weighted by atomic mass is 9.97. The third-order valence-corrected chi connectivity index (χ3v) is 6.46. The van der Waals surface area contributed by atoms with E-state index in [9.17, 15) is 13.2 Å². The fourth-order valence-electron chi connectivity index (χ4n) is 3.57. The summed E-state index contributed by atoms with van der Waals surface area (Å²) in [5.74, 6) is 0.416. The third-order valence-electron chi connectivity index (χ3n) is 5.09. The summed E-state index contributed by atoms with van der Waals surface area (Å²) in [5, 5.41) is 0. The number of sulfonamides is 1. The molecule has 0 fully saturated rings. The first-order valence-corrected chi connectivity index (χ1v) is 12.6. The zero-order valence-electron chi connectivity index (χ0n) is 19.3. The largest absolute Gasteiger partial charge is 0.449 e. The number of carbonyl (C=O) groups excluding carboxylic acids is 1. The van der Waals surface area contributed by atoms with E-state index in [1.807, 2.05) is 48.0 Å². The van der Waals surface area contributed by atoms with Crippen LogP contribution in [0.2, 0.25) is 0 Å². The van der Waals surface area contributed by atoms with Gasteiger partial charge in [-0.25, -0.2) is 22.9 Å². The predicted molar refractivity (Wildman–Crippen MR) is 128 cm³/mol. The van der Waals surface area contributed by atoms with Crippen LogP contribution in [0.1, 0.15) is 44.7 Å². The molecular formula is C25H31N3O4S. The van der Waals surface area contributed by atoms with Crippen LogP contribution in [0.4, 0.5) is 4.79 Å². The molecule has 1 amide bonds. The number of benzene rings is 2. The van der Waals surface area contributed by atoms with Gasteiger partial charge in [0.25, 0.3) is 10.0 Å². The highest BCUT2D eigenvalue weighted by molar-refractivity contribution is 7.90. The zero-order valence-corrected chi connectivity index (χ0v) is 20.1. The van der Waals surface area contributed by atoms with Crippen molar-refractivity contribution < 1.29 is 17.9 Å². The Kier molecular flexibility index (Phi) is 8.27. The molecule has 7 nitrogen and oxygen atoms in total. The van der Waals surface area contributed by atoms with Gasteiger partial charge in [-0.15, -0.1) is 0 Å². The van der Waals surface area contributed by atoms with E-state index in [1.54, 1.807) is 24.7 Å². The summed E-state index contributed by atoms with van der Waals surface area (Å²) in [6, 6.07) is 13.0. The Hall–Kier alpha value is -3.13. The molecule has 3 aromatic rings. The van der Waals surface area contributed by atoms with E-state index in [0.29, 0.717) is 24.4 Å². The van der Waals surface area contributed by atoms with Crippen molar-refractivity contribution in [2.75, 3.05) is 6.61 Å². The molecule has 1 N–H and O–H groups in total. The maximum atomic E-state index is 13.1. The number of hydrogen-bond acceptors (Lipinski definition) is 5. The van der Waals surface area contributed by atoms with Crippen LogP contribution in [0.3, 0.4) is 0 Å². The van der Waals surface area contributed by atoms with Crippen LogP contribution in [0.15, 0.2) is 66.1 Å². The van der Waals surface area contributed by atoms with E-state index in [-0.39, 0.29) is 11.5 Å². The minimum absolute atomic E-state index is 0.0437. The Labute approximate surface area is 195 Å². The lowest BCUT2D eigenvalue weighted by Gasteiger charge is -2.15. The average molecular weight is 470 g/mol. The van der Waals surface area contributed by atoms with Crippen molar-refractivity contribution in [2.45, 2.75) is 51.5 Å². The van der Waals surface area contributed by atoms with E-state index >= 15 is 0 Å². The standard InChI is InChI=1S/C25H31N3O4S/c1-4-5-13-32-25(29)27-33(30,31)24-10-9-20(14-19(2)3)16-23(24)22-8-6-7-21(15-22)17-28-12-11-26-18-28/h6-12,15-16,18-19H,4-5,13-14,17H2,1-3H3,(H,27,29). The lowest BCUT2D eigenvalue weighted by molar-refractivity contribution is 0.151. The number of rotatable bonds is 10. The number of nitrogens with zero attached hydrogens (tertiary/aromatic N) is 2. The Bertz CT molecular complexity index is 1170. The van der Waals surface area contributed by atoms with Crippen molar-refractivity contribution in [3.8, 4) is 11.1 Å². The number of amides is 1. The number of hydrogen-bond donors (Lipinski definition) is 1. The maximum Gasteiger partial charge on any atom is 0.421 e. The first-order chi connectivity index (χ1) is 15.8. The van der Waals surface area contributed by atoms with Crippen LogP contribution in [-0.2, 0) is 27.7 Å². The van der Waals surface area contributed by atoms with Crippen LogP contribution in [0.5, 0.6) is 0 Å². The van der Waals surface area contributed by atoms with Crippen LogP contribution in [0.25, 0.3) is 11.1 Å². The van der Waals surface area contributed by atoms with Crippen LogP contribution < -0.4 is 4.72 Å². The quantitative estimate of drug-likeness (QED) is 0.422. The second-order valence-corrected chi connectivity index (χ2v) is 10.1. The van der Waals surface area contributed by atoms with E-state index in [4.69, 9.17) is 4.74 Å². The van der Waals surface area contributed by atoms with E-state index in [1.165, 1.54) is 0 Å². The zero-order chi connectivity index (χ0) is 23.8. The van der Waals surface area contributed by atoms with Gasteiger partial charge in [0, 0.05) is 24.5 Å². The monoisotopic (exact) mass is 469 g/mol. The Balaban J connectivity index is 1.97. The van der Waals surface area contributed by atoms with Gasteiger partial charge >= 0.3 is 6.09 Å². The molecule has 0 unspecified atom stereocenters. The van der Waals surface area contributed by atoms with Crippen molar-refractivity contribution in [1.82, 2.24) is 14.3 Å². The smallest absolute Gasteiger partial charge is 0.421 e. The minimum atomic E-state index is -4.12. The third kappa shape index (κ3) is 6.92. The first kappa shape index (κ1) is 24.5. The molecule has 0 aliphatic rings. The van der Waals surface area contributed by atoms with E-state index < -0.39 is 16.1 Å². The highest BCUT2D eigenvalue weighted by Gasteiger charge is 2.23.